The molecule has 6 heteroatoms. The Morgan fingerprint density at radius 2 is 2.31 bits per heavy atom. The van der Waals surface area contributed by atoms with E-state index >= 15 is 0 Å². The molecule has 86 valence electrons. The Bertz CT molecular complexity index is 502. The molecule has 2 fully saturated rings. The standard InChI is InChI=1S/C10H13N3O3/c1-12-9(14)3-8(11-10(12)15)13-4-7-2-6(13)5-16-7/h3,6-7H,2,4-5H2,1H3,(H,11,15). The van der Waals surface area contributed by atoms with E-state index in [1.807, 2.05) is 0 Å². The molecule has 2 aliphatic heterocycles. The van der Waals surface area contributed by atoms with E-state index in [4.69, 9.17) is 4.74 Å². The van der Waals surface area contributed by atoms with Crippen LogP contribution in [-0.4, -0.2) is 34.8 Å². The van der Waals surface area contributed by atoms with Gasteiger partial charge in [0.15, 0.2) is 0 Å². The van der Waals surface area contributed by atoms with E-state index in [-0.39, 0.29) is 17.4 Å². The van der Waals surface area contributed by atoms with Gasteiger partial charge in [-0.3, -0.25) is 14.3 Å². The van der Waals surface area contributed by atoms with Crippen molar-refractivity contribution in [3.05, 3.63) is 26.9 Å². The molecular formula is C10H13N3O3. The average Bonchev–Trinajstić information content (AvgIpc) is 2.86. The van der Waals surface area contributed by atoms with E-state index in [9.17, 15) is 9.59 Å². The lowest BCUT2D eigenvalue weighted by Crippen LogP contribution is -2.41. The lowest BCUT2D eigenvalue weighted by Gasteiger charge is -2.28. The van der Waals surface area contributed by atoms with E-state index in [0.29, 0.717) is 18.5 Å². The van der Waals surface area contributed by atoms with E-state index < -0.39 is 0 Å². The maximum Gasteiger partial charge on any atom is 0.329 e. The van der Waals surface area contributed by atoms with Crippen LogP contribution >= 0.6 is 0 Å². The number of hydrogen-bond acceptors (Lipinski definition) is 4. The van der Waals surface area contributed by atoms with Crippen LogP contribution in [0.2, 0.25) is 0 Å². The molecule has 3 heterocycles. The van der Waals surface area contributed by atoms with E-state index in [0.717, 1.165) is 17.5 Å². The molecule has 1 aromatic rings. The summed E-state index contributed by atoms with van der Waals surface area (Å²) in [5.74, 6) is 0.615. The fraction of sp³-hybridized carbons (Fsp3) is 0.600. The number of ether oxygens (including phenoxy) is 1. The van der Waals surface area contributed by atoms with Gasteiger partial charge < -0.3 is 9.64 Å². The molecule has 2 bridgehead atoms. The lowest BCUT2D eigenvalue weighted by atomic mass is 10.2. The summed E-state index contributed by atoms with van der Waals surface area (Å²) in [6.07, 6.45) is 1.23. The molecule has 2 aliphatic rings. The fourth-order valence-corrected chi connectivity index (χ4v) is 2.39. The van der Waals surface area contributed by atoms with Crippen molar-refractivity contribution in [2.24, 2.45) is 7.05 Å². The molecule has 0 amide bonds. The van der Waals surface area contributed by atoms with Crippen molar-refractivity contribution in [2.75, 3.05) is 18.1 Å². The van der Waals surface area contributed by atoms with Gasteiger partial charge in [-0.05, 0) is 6.42 Å². The highest BCUT2D eigenvalue weighted by molar-refractivity contribution is 5.41. The Kier molecular flexibility index (Phi) is 1.94. The second-order valence-corrected chi connectivity index (χ2v) is 4.35. The minimum Gasteiger partial charge on any atom is -0.374 e. The van der Waals surface area contributed by atoms with E-state index in [2.05, 4.69) is 9.88 Å². The van der Waals surface area contributed by atoms with Crippen molar-refractivity contribution >= 4 is 5.82 Å². The molecule has 6 nitrogen and oxygen atoms in total. The number of nitrogens with zero attached hydrogens (tertiary/aromatic N) is 2. The summed E-state index contributed by atoms with van der Waals surface area (Å²) >= 11 is 0. The molecule has 3 rings (SSSR count). The number of morpholine rings is 1. The lowest BCUT2D eigenvalue weighted by molar-refractivity contribution is 0.0988. The highest BCUT2D eigenvalue weighted by atomic mass is 16.5. The zero-order valence-corrected chi connectivity index (χ0v) is 8.97. The van der Waals surface area contributed by atoms with E-state index in [1.165, 1.54) is 13.1 Å². The van der Waals surface area contributed by atoms with Crippen molar-refractivity contribution in [3.8, 4) is 0 Å². The number of H-pyrrole nitrogens is 1. The SMILES string of the molecule is Cn1c(=O)cc(N2CC3CC2CO3)[nH]c1=O. The molecule has 0 aliphatic carbocycles. The first-order valence-corrected chi connectivity index (χ1v) is 5.34. The summed E-state index contributed by atoms with van der Waals surface area (Å²) in [5, 5.41) is 0. The van der Waals surface area contributed by atoms with Crippen molar-refractivity contribution in [2.45, 2.75) is 18.6 Å². The van der Waals surface area contributed by atoms with Crippen LogP contribution in [-0.2, 0) is 11.8 Å². The molecule has 16 heavy (non-hydrogen) atoms. The number of fused-ring (bicyclic) bond motifs is 2. The zero-order chi connectivity index (χ0) is 11.3. The summed E-state index contributed by atoms with van der Waals surface area (Å²) in [4.78, 5) is 27.8. The van der Waals surface area contributed by atoms with Gasteiger partial charge in [-0.2, -0.15) is 0 Å². The molecule has 0 radical (unpaired) electrons. The summed E-state index contributed by atoms with van der Waals surface area (Å²) in [7, 11) is 1.46. The maximum atomic E-state index is 11.5. The third-order valence-electron chi connectivity index (χ3n) is 3.34. The van der Waals surface area contributed by atoms with Gasteiger partial charge >= 0.3 is 5.69 Å². The number of aromatic nitrogens is 2. The summed E-state index contributed by atoms with van der Waals surface area (Å²) in [6.45, 7) is 1.44. The van der Waals surface area contributed by atoms with E-state index in [1.54, 1.807) is 0 Å². The smallest absolute Gasteiger partial charge is 0.329 e. The van der Waals surface area contributed by atoms with Crippen LogP contribution in [0.25, 0.3) is 0 Å². The first kappa shape index (κ1) is 9.65. The van der Waals surface area contributed by atoms with Crippen molar-refractivity contribution in [1.82, 2.24) is 9.55 Å². The van der Waals surface area contributed by atoms with Crippen LogP contribution in [0, 0.1) is 0 Å². The van der Waals surface area contributed by atoms with Crippen LogP contribution in [0.1, 0.15) is 6.42 Å². The van der Waals surface area contributed by atoms with Gasteiger partial charge in [-0.25, -0.2) is 4.79 Å². The highest BCUT2D eigenvalue weighted by Crippen LogP contribution is 2.30. The molecular weight excluding hydrogens is 210 g/mol. The van der Waals surface area contributed by atoms with Gasteiger partial charge in [0, 0.05) is 19.7 Å². The zero-order valence-electron chi connectivity index (χ0n) is 8.97. The first-order valence-electron chi connectivity index (χ1n) is 5.34. The average molecular weight is 223 g/mol. The number of rotatable bonds is 1. The first-order chi connectivity index (χ1) is 7.65. The maximum absolute atomic E-state index is 11.5. The minimum atomic E-state index is -0.369. The second-order valence-electron chi connectivity index (χ2n) is 4.35. The van der Waals surface area contributed by atoms with Gasteiger partial charge in [0.25, 0.3) is 5.56 Å². The summed E-state index contributed by atoms with van der Waals surface area (Å²) in [6, 6.07) is 1.77. The molecule has 2 saturated heterocycles. The second kappa shape index (κ2) is 3.21. The third kappa shape index (κ3) is 1.30. The molecule has 2 atom stereocenters. The largest absolute Gasteiger partial charge is 0.374 e. The Labute approximate surface area is 91.5 Å². The van der Waals surface area contributed by atoms with Crippen molar-refractivity contribution in [1.29, 1.82) is 0 Å². The van der Waals surface area contributed by atoms with Crippen LogP contribution < -0.4 is 16.1 Å². The third-order valence-corrected chi connectivity index (χ3v) is 3.34. The Morgan fingerprint density at radius 1 is 1.50 bits per heavy atom. The minimum absolute atomic E-state index is 0.248. The van der Waals surface area contributed by atoms with Gasteiger partial charge in [0.05, 0.1) is 18.8 Å². The van der Waals surface area contributed by atoms with Crippen LogP contribution in [0.15, 0.2) is 15.7 Å². The Balaban J connectivity index is 2.02. The molecule has 0 saturated carbocycles. The van der Waals surface area contributed by atoms with Gasteiger partial charge in [-0.15, -0.1) is 0 Å². The predicted octanol–water partition coefficient (Wildman–Crippen LogP) is -0.949. The van der Waals surface area contributed by atoms with Crippen LogP contribution in [0.3, 0.4) is 0 Å². The van der Waals surface area contributed by atoms with Gasteiger partial charge in [0.2, 0.25) is 0 Å². The Morgan fingerprint density at radius 3 is 2.88 bits per heavy atom. The topological polar surface area (TPSA) is 67.3 Å². The van der Waals surface area contributed by atoms with Crippen molar-refractivity contribution < 1.29 is 4.74 Å². The van der Waals surface area contributed by atoms with Crippen LogP contribution in [0.4, 0.5) is 5.82 Å². The molecule has 0 spiro atoms. The van der Waals surface area contributed by atoms with Gasteiger partial charge in [-0.1, -0.05) is 0 Å². The molecule has 2 unspecified atom stereocenters. The predicted molar refractivity (Wildman–Crippen MR) is 57.8 cm³/mol. The number of hydrogen-bond donors (Lipinski definition) is 1. The number of aromatic amines is 1. The highest BCUT2D eigenvalue weighted by Gasteiger charge is 2.39. The number of anilines is 1. The van der Waals surface area contributed by atoms with Crippen molar-refractivity contribution in [3.63, 3.8) is 0 Å². The molecule has 1 aromatic heterocycles. The Hall–Kier alpha value is -1.56. The fourth-order valence-electron chi connectivity index (χ4n) is 2.39. The summed E-state index contributed by atoms with van der Waals surface area (Å²) in [5.41, 5.74) is -0.645. The number of nitrogens with one attached hydrogen (secondary N) is 1. The summed E-state index contributed by atoms with van der Waals surface area (Å²) < 4.78 is 6.53. The van der Waals surface area contributed by atoms with Crippen LogP contribution in [0.5, 0.6) is 0 Å². The molecule has 0 aromatic carbocycles. The molecule has 1 N–H and O–H groups in total. The quantitative estimate of drug-likeness (QED) is 0.666. The monoisotopic (exact) mass is 223 g/mol. The van der Waals surface area contributed by atoms with Gasteiger partial charge in [0.1, 0.15) is 5.82 Å². The normalized spacial score (nSPS) is 27.7.